The molecule has 83 heavy (non-hydrogen) atoms. The van der Waals surface area contributed by atoms with Gasteiger partial charge in [0.2, 0.25) is 48.0 Å². The highest BCUT2D eigenvalue weighted by Gasteiger charge is 2.50. The summed E-state index contributed by atoms with van der Waals surface area (Å²) in [5.74, 6) is -8.62. The van der Waals surface area contributed by atoms with Gasteiger partial charge in [-0.05, 0) is 42.2 Å². The van der Waals surface area contributed by atoms with E-state index in [2.05, 4.69) is 31.9 Å². The number of aliphatic hydroxyl groups excluding tert-OH is 13. The molecule has 472 valence electrons. The van der Waals surface area contributed by atoms with Crippen molar-refractivity contribution in [2.75, 3.05) is 39.5 Å². The van der Waals surface area contributed by atoms with Crippen molar-refractivity contribution in [3.05, 3.63) is 29.8 Å². The van der Waals surface area contributed by atoms with Crippen molar-refractivity contribution in [1.82, 2.24) is 37.1 Å². The fourth-order valence-electron chi connectivity index (χ4n) is 8.34. The number of aromatic hydroxyl groups is 1. The number of hydroxylamine groups is 2. The van der Waals surface area contributed by atoms with E-state index in [4.69, 9.17) is 40.1 Å². The molecule has 0 aliphatic carbocycles. The van der Waals surface area contributed by atoms with Crippen molar-refractivity contribution in [3.8, 4) is 5.75 Å². The number of amides is 6. The molecular formula is C47H77N9O27. The number of nitrogens with one attached hydrogen (secondary N) is 6. The first kappa shape index (κ1) is 70.0. The number of benzene rings is 1. The predicted molar refractivity (Wildman–Crippen MR) is 270 cm³/mol. The second kappa shape index (κ2) is 32.7. The number of phenolic OH excluding ortho intramolecular Hbond substituents is 1. The number of nitrogens with two attached hydrogens (primary N) is 2. The molecular weight excluding hydrogens is 1120 g/mol. The van der Waals surface area contributed by atoms with E-state index in [1.165, 1.54) is 12.1 Å². The minimum atomic E-state index is -2.22. The minimum Gasteiger partial charge on any atom is -0.508 e. The second-order valence-corrected chi connectivity index (χ2v) is 19.8. The van der Waals surface area contributed by atoms with Gasteiger partial charge in [0.1, 0.15) is 104 Å². The number of carbonyl (C=O) groups is 7. The highest BCUT2D eigenvalue weighted by Crippen LogP contribution is 2.28. The first-order valence-corrected chi connectivity index (χ1v) is 26.0. The standard InChI is InChI=1S/C47H77N9O27/c1-4-17(2)30(55-42(75)21(48)9-19-5-7-20(61)8-6-19)44(77)52-22(43(76)51-18(3)41(74)53-23(13-57)40(49)73)10-27(62)50-11-28(63)54-45-36(70)35(69)39(26(16-60)78-45)81-29(64)12-56(82-46-37(71)33(67)31(65)24(14-58)79-46)83-47-38(72)34(68)32(66)25(15-59)80-47/h5-8,17-18,21-26,30-39,42,45-47,55,57-61,65-72,75H,4,9-16,48H2,1-3H3,(H2,49,73)(H,50,62)(H,51,76)(H,52,77)(H,53,74)(H,54,63)/t17-,18-,21-,22-,23-,24+,25+,26?,30-,31+,32+,33-,34-,35?,36?,37-,38+,39?,42?,45?,46-,47-/m0/s1. The van der Waals surface area contributed by atoms with Crippen LogP contribution in [0.2, 0.25) is 0 Å². The maximum absolute atomic E-state index is 14.0. The van der Waals surface area contributed by atoms with Crippen molar-refractivity contribution < 1.29 is 134 Å². The van der Waals surface area contributed by atoms with E-state index in [1.807, 2.05) is 0 Å². The van der Waals surface area contributed by atoms with Gasteiger partial charge in [-0.15, -0.1) is 0 Å². The Hall–Kier alpha value is -5.53. The molecule has 1 aromatic carbocycles. The molecule has 1 aromatic rings. The van der Waals surface area contributed by atoms with E-state index >= 15 is 0 Å². The highest BCUT2D eigenvalue weighted by atomic mass is 17.0. The normalized spacial score (nSPS) is 30.7. The van der Waals surface area contributed by atoms with Crippen LogP contribution in [0.5, 0.6) is 5.75 Å². The zero-order valence-corrected chi connectivity index (χ0v) is 45.0. The number of ether oxygens (including phenoxy) is 4. The van der Waals surface area contributed by atoms with E-state index in [1.54, 1.807) is 26.0 Å². The fourth-order valence-corrected chi connectivity index (χ4v) is 8.34. The lowest BCUT2D eigenvalue weighted by Gasteiger charge is -2.43. The van der Waals surface area contributed by atoms with Gasteiger partial charge < -0.3 is 128 Å². The molecule has 36 nitrogen and oxygen atoms in total. The molecule has 0 radical (unpaired) electrons. The van der Waals surface area contributed by atoms with Gasteiger partial charge in [-0.25, -0.2) is 9.68 Å². The number of hydrogen-bond acceptors (Lipinski definition) is 30. The number of phenols is 1. The maximum Gasteiger partial charge on any atom is 0.325 e. The number of aliphatic hydroxyl groups is 13. The van der Waals surface area contributed by atoms with Crippen molar-refractivity contribution in [2.24, 2.45) is 17.4 Å². The summed E-state index contributed by atoms with van der Waals surface area (Å²) in [5.41, 5.74) is 12.0. The largest absolute Gasteiger partial charge is 0.508 e. The molecule has 3 aliphatic heterocycles. The molecule has 24 N–H and O–H groups in total. The van der Waals surface area contributed by atoms with Crippen LogP contribution in [-0.4, -0.2) is 286 Å². The Labute approximate surface area is 472 Å². The van der Waals surface area contributed by atoms with Crippen molar-refractivity contribution >= 4 is 41.4 Å². The van der Waals surface area contributed by atoms with Crippen LogP contribution in [-0.2, 0) is 68.6 Å². The molecule has 4 rings (SSSR count). The number of rotatable bonds is 30. The van der Waals surface area contributed by atoms with E-state index < -0.39 is 222 Å². The summed E-state index contributed by atoms with van der Waals surface area (Å²) >= 11 is 0. The average molecular weight is 1200 g/mol. The molecule has 0 spiro atoms. The molecule has 3 heterocycles. The predicted octanol–water partition coefficient (Wildman–Crippen LogP) is -12.7. The van der Waals surface area contributed by atoms with Gasteiger partial charge in [-0.2, -0.15) is 0 Å². The molecule has 3 saturated heterocycles. The summed E-state index contributed by atoms with van der Waals surface area (Å²) in [6.07, 6.45) is -31.8. The van der Waals surface area contributed by atoms with Crippen LogP contribution in [0.1, 0.15) is 39.2 Å². The Balaban J connectivity index is 1.45. The topological polar surface area (TPSA) is 586 Å². The molecule has 22 atom stereocenters. The Morgan fingerprint density at radius 3 is 1.72 bits per heavy atom. The molecule has 0 saturated carbocycles. The van der Waals surface area contributed by atoms with Crippen LogP contribution in [0.15, 0.2) is 24.3 Å². The van der Waals surface area contributed by atoms with Gasteiger partial charge in [-0.3, -0.25) is 38.9 Å². The summed E-state index contributed by atoms with van der Waals surface area (Å²) in [6, 6.07) is -1.27. The van der Waals surface area contributed by atoms with Crippen LogP contribution < -0.4 is 43.4 Å². The monoisotopic (exact) mass is 1200 g/mol. The molecule has 3 aliphatic rings. The fraction of sp³-hybridized carbons (Fsp3) is 0.723. The third-order valence-electron chi connectivity index (χ3n) is 13.6. The summed E-state index contributed by atoms with van der Waals surface area (Å²) < 4.78 is 21.3. The quantitative estimate of drug-likeness (QED) is 0.0193. The van der Waals surface area contributed by atoms with E-state index in [9.17, 15) is 105 Å². The Morgan fingerprint density at radius 1 is 0.675 bits per heavy atom. The lowest BCUT2D eigenvalue weighted by molar-refractivity contribution is -0.488. The first-order chi connectivity index (χ1) is 39.1. The Morgan fingerprint density at radius 2 is 1.22 bits per heavy atom. The van der Waals surface area contributed by atoms with Gasteiger partial charge in [0, 0.05) is 6.04 Å². The Kier molecular flexibility index (Phi) is 27.5. The minimum absolute atomic E-state index is 0.0141. The molecule has 6 unspecified atom stereocenters. The van der Waals surface area contributed by atoms with E-state index in [0.29, 0.717) is 12.0 Å². The molecule has 36 heteroatoms. The van der Waals surface area contributed by atoms with Crippen LogP contribution in [0, 0.1) is 5.92 Å². The number of hydrogen-bond donors (Lipinski definition) is 22. The number of carbonyl (C=O) groups excluding carboxylic acids is 7. The van der Waals surface area contributed by atoms with Crippen molar-refractivity contribution in [1.29, 1.82) is 0 Å². The van der Waals surface area contributed by atoms with Gasteiger partial charge in [0.25, 0.3) is 0 Å². The van der Waals surface area contributed by atoms with Gasteiger partial charge in [0.05, 0.1) is 45.4 Å². The number of primary amides is 1. The van der Waals surface area contributed by atoms with Crippen LogP contribution in [0.4, 0.5) is 0 Å². The lowest BCUT2D eigenvalue weighted by atomic mass is 9.96. The van der Waals surface area contributed by atoms with Gasteiger partial charge in [0.15, 0.2) is 12.3 Å². The number of nitrogens with zero attached hydrogens (tertiary/aromatic N) is 1. The van der Waals surface area contributed by atoms with Gasteiger partial charge in [-0.1, -0.05) is 32.4 Å². The van der Waals surface area contributed by atoms with E-state index in [0.717, 1.165) is 6.92 Å². The zero-order valence-electron chi connectivity index (χ0n) is 45.0. The summed E-state index contributed by atoms with van der Waals surface area (Å²) in [4.78, 5) is 103. The summed E-state index contributed by atoms with van der Waals surface area (Å²) in [5, 5.41) is 158. The average Bonchev–Trinajstić information content (AvgIpc) is 3.49. The van der Waals surface area contributed by atoms with Crippen molar-refractivity contribution in [2.45, 2.75) is 169 Å². The third kappa shape index (κ3) is 19.5. The van der Waals surface area contributed by atoms with Gasteiger partial charge >= 0.3 is 5.97 Å². The number of esters is 1. The van der Waals surface area contributed by atoms with Crippen LogP contribution in [0.25, 0.3) is 0 Å². The molecule has 3 fully saturated rings. The summed E-state index contributed by atoms with van der Waals surface area (Å²) in [6.45, 7) is -1.71. The molecule has 0 bridgehead atoms. The molecule has 6 amide bonds. The molecule has 0 aromatic heterocycles. The van der Waals surface area contributed by atoms with E-state index in [-0.39, 0.29) is 17.4 Å². The first-order valence-electron chi connectivity index (χ1n) is 26.0. The van der Waals surface area contributed by atoms with Crippen LogP contribution in [0.3, 0.4) is 0 Å². The Bertz CT molecular complexity index is 2240. The highest BCUT2D eigenvalue weighted by molar-refractivity contribution is 5.97. The van der Waals surface area contributed by atoms with Crippen molar-refractivity contribution in [3.63, 3.8) is 0 Å². The second-order valence-electron chi connectivity index (χ2n) is 19.8. The maximum atomic E-state index is 14.0. The smallest absolute Gasteiger partial charge is 0.325 e. The summed E-state index contributed by atoms with van der Waals surface area (Å²) in [7, 11) is 0. The SMILES string of the molecule is CC[C@H](C)[C@H](NC(O)[C@@H](N)Cc1ccc(O)cc1)C(=O)N[C@@H](CC(=O)NCC(=O)NC1OC(CO)C(OC(=O)CN(O[C@@H]2O[C@H](CO)[C@@H](O)[C@H](O)[C@@H]2O)O[C@@H]2O[C@H](CO)[C@@H](O)[C@H](O)[C@H]2O)C(O)C1O)C(=O)N[C@@H](C)C(=O)N[C@@H](CO)C(N)=O. The third-order valence-corrected chi connectivity index (χ3v) is 13.6. The lowest BCUT2D eigenvalue weighted by Crippen LogP contribution is -2.65. The van der Waals surface area contributed by atoms with Crippen LogP contribution >= 0.6 is 0 Å². The zero-order chi connectivity index (χ0) is 62.2.